The molecule has 3 aromatic carbocycles. The summed E-state index contributed by atoms with van der Waals surface area (Å²) in [5.41, 5.74) is 4.98. The third-order valence-corrected chi connectivity index (χ3v) is 6.89. The fourth-order valence-corrected chi connectivity index (χ4v) is 4.97. The van der Waals surface area contributed by atoms with Gasteiger partial charge in [0.2, 0.25) is 23.3 Å². The van der Waals surface area contributed by atoms with E-state index in [2.05, 4.69) is 21.3 Å². The molecule has 0 saturated heterocycles. The molecule has 0 aromatic heterocycles. The first-order valence-electron chi connectivity index (χ1n) is 11.1. The highest BCUT2D eigenvalue weighted by atomic mass is 35.5. The standard InChI is InChI=1S/C26H16Cl2N4O4/c27-13-5-7-15-17(9-13)31-25-19(29-15)21(33)23(35-25)11-1-2-12(4-3-11)24-22(34)20-26(36-24)32-18-10-14(28)6-8-16(18)30-20/h1-10,23-24,29-32H/t23-,24+. The smallest absolute Gasteiger partial charge is 0.229 e. The van der Waals surface area contributed by atoms with E-state index in [1.165, 1.54) is 0 Å². The Morgan fingerprint density at radius 1 is 0.556 bits per heavy atom. The largest absolute Gasteiger partial charge is 0.461 e. The maximum Gasteiger partial charge on any atom is 0.229 e. The molecule has 4 heterocycles. The van der Waals surface area contributed by atoms with Gasteiger partial charge in [-0.25, -0.2) is 0 Å². The number of halogens is 2. The van der Waals surface area contributed by atoms with Crippen LogP contribution in [0.5, 0.6) is 0 Å². The van der Waals surface area contributed by atoms with Crippen molar-refractivity contribution in [3.63, 3.8) is 0 Å². The molecule has 0 amide bonds. The van der Waals surface area contributed by atoms with E-state index >= 15 is 0 Å². The Labute approximate surface area is 214 Å². The monoisotopic (exact) mass is 518 g/mol. The number of benzene rings is 3. The van der Waals surface area contributed by atoms with E-state index in [0.29, 0.717) is 44.3 Å². The van der Waals surface area contributed by atoms with Crippen LogP contribution < -0.4 is 21.3 Å². The van der Waals surface area contributed by atoms with Crippen molar-refractivity contribution in [3.05, 3.63) is 105 Å². The predicted molar refractivity (Wildman–Crippen MR) is 136 cm³/mol. The van der Waals surface area contributed by atoms with Crippen LogP contribution >= 0.6 is 23.2 Å². The Balaban J connectivity index is 1.09. The molecule has 0 aliphatic carbocycles. The number of fused-ring (bicyclic) bond motifs is 2. The van der Waals surface area contributed by atoms with E-state index in [1.807, 2.05) is 0 Å². The van der Waals surface area contributed by atoms with Gasteiger partial charge in [0, 0.05) is 21.2 Å². The number of hydrogen-bond acceptors (Lipinski definition) is 8. The van der Waals surface area contributed by atoms with Crippen LogP contribution in [0.2, 0.25) is 10.0 Å². The van der Waals surface area contributed by atoms with Gasteiger partial charge < -0.3 is 30.7 Å². The van der Waals surface area contributed by atoms with Crippen LogP contribution in [-0.2, 0) is 19.1 Å². The lowest BCUT2D eigenvalue weighted by molar-refractivity contribution is -0.122. The summed E-state index contributed by atoms with van der Waals surface area (Å²) in [5.74, 6) is 0.320. The molecule has 8 nitrogen and oxygen atoms in total. The van der Waals surface area contributed by atoms with Crippen molar-refractivity contribution in [2.45, 2.75) is 12.2 Å². The molecule has 3 aromatic rings. The molecule has 36 heavy (non-hydrogen) atoms. The quantitative estimate of drug-likeness (QED) is 0.343. The maximum atomic E-state index is 13.1. The summed E-state index contributed by atoms with van der Waals surface area (Å²) >= 11 is 12.2. The number of anilines is 4. The van der Waals surface area contributed by atoms with Gasteiger partial charge >= 0.3 is 0 Å². The molecule has 0 saturated carbocycles. The van der Waals surface area contributed by atoms with Gasteiger partial charge in [-0.05, 0) is 36.4 Å². The number of hydrogen-bond donors (Lipinski definition) is 4. The molecule has 2 atom stereocenters. The number of ether oxygens (including phenoxy) is 2. The fraction of sp³-hybridized carbons (Fsp3) is 0.0769. The average molecular weight is 519 g/mol. The summed E-state index contributed by atoms with van der Waals surface area (Å²) in [7, 11) is 0. The van der Waals surface area contributed by atoms with Gasteiger partial charge in [0.05, 0.1) is 22.7 Å². The van der Waals surface area contributed by atoms with Crippen molar-refractivity contribution in [1.82, 2.24) is 0 Å². The second kappa shape index (κ2) is 7.68. The summed E-state index contributed by atoms with van der Waals surface area (Å²) in [6.07, 6.45) is -1.63. The van der Waals surface area contributed by atoms with Crippen molar-refractivity contribution in [2.24, 2.45) is 0 Å². The first-order valence-corrected chi connectivity index (χ1v) is 11.9. The number of Topliss-reactive ketones (excluding diaryl/α,β-unsaturated/α-hetero) is 2. The number of carbonyl (C=O) groups excluding carboxylic acids is 2. The van der Waals surface area contributed by atoms with E-state index in [9.17, 15) is 9.59 Å². The zero-order valence-electron chi connectivity index (χ0n) is 18.3. The van der Waals surface area contributed by atoms with Gasteiger partial charge in [-0.1, -0.05) is 47.5 Å². The van der Waals surface area contributed by atoms with Crippen LogP contribution in [0.25, 0.3) is 0 Å². The molecule has 10 heteroatoms. The van der Waals surface area contributed by atoms with E-state index in [4.69, 9.17) is 32.7 Å². The highest BCUT2D eigenvalue weighted by molar-refractivity contribution is 6.31. The molecule has 0 unspecified atom stereocenters. The van der Waals surface area contributed by atoms with Gasteiger partial charge in [-0.15, -0.1) is 0 Å². The Morgan fingerprint density at radius 3 is 1.39 bits per heavy atom. The zero-order chi connectivity index (χ0) is 24.6. The third-order valence-electron chi connectivity index (χ3n) is 6.42. The highest BCUT2D eigenvalue weighted by Gasteiger charge is 2.41. The fourth-order valence-electron chi connectivity index (χ4n) is 4.62. The summed E-state index contributed by atoms with van der Waals surface area (Å²) in [6.45, 7) is 0. The second-order valence-electron chi connectivity index (χ2n) is 8.68. The maximum absolute atomic E-state index is 13.1. The van der Waals surface area contributed by atoms with Gasteiger partial charge in [0.15, 0.2) is 12.2 Å². The molecule has 0 fully saturated rings. The van der Waals surface area contributed by atoms with E-state index in [1.54, 1.807) is 60.7 Å². The van der Waals surface area contributed by atoms with Crippen molar-refractivity contribution in [1.29, 1.82) is 0 Å². The number of ketones is 2. The van der Waals surface area contributed by atoms with Gasteiger partial charge in [-0.2, -0.15) is 0 Å². The third kappa shape index (κ3) is 3.22. The Bertz CT molecular complexity index is 1450. The summed E-state index contributed by atoms with van der Waals surface area (Å²) < 4.78 is 11.9. The number of carbonyl (C=O) groups is 2. The van der Waals surface area contributed by atoms with Crippen molar-refractivity contribution in [2.75, 3.05) is 21.3 Å². The molecular weight excluding hydrogens is 503 g/mol. The first kappa shape index (κ1) is 21.2. The Morgan fingerprint density at radius 2 is 0.972 bits per heavy atom. The lowest BCUT2D eigenvalue weighted by atomic mass is 9.99. The molecule has 0 radical (unpaired) electrons. The van der Waals surface area contributed by atoms with E-state index in [-0.39, 0.29) is 11.6 Å². The zero-order valence-corrected chi connectivity index (χ0v) is 19.8. The molecule has 4 aliphatic heterocycles. The van der Waals surface area contributed by atoms with Gasteiger partial charge in [0.25, 0.3) is 0 Å². The van der Waals surface area contributed by atoms with Crippen molar-refractivity contribution >= 4 is 57.5 Å². The normalized spacial score (nSPS) is 21.2. The minimum Gasteiger partial charge on any atom is -0.461 e. The highest BCUT2D eigenvalue weighted by Crippen LogP contribution is 2.42. The minimum absolute atomic E-state index is 0.194. The molecular formula is C26H16Cl2N4O4. The van der Waals surface area contributed by atoms with Crippen molar-refractivity contribution in [3.8, 4) is 0 Å². The van der Waals surface area contributed by atoms with Crippen LogP contribution in [0.3, 0.4) is 0 Å². The van der Waals surface area contributed by atoms with E-state index in [0.717, 1.165) is 22.7 Å². The van der Waals surface area contributed by atoms with Crippen LogP contribution in [0, 0.1) is 0 Å². The second-order valence-corrected chi connectivity index (χ2v) is 9.55. The molecule has 0 spiro atoms. The first-order chi connectivity index (χ1) is 17.4. The van der Waals surface area contributed by atoms with Crippen LogP contribution in [0.1, 0.15) is 23.3 Å². The van der Waals surface area contributed by atoms with Gasteiger partial charge in [-0.3, -0.25) is 9.59 Å². The van der Waals surface area contributed by atoms with Crippen LogP contribution in [-0.4, -0.2) is 11.6 Å². The molecule has 4 N–H and O–H groups in total. The van der Waals surface area contributed by atoms with Gasteiger partial charge in [0.1, 0.15) is 11.4 Å². The lowest BCUT2D eigenvalue weighted by Crippen LogP contribution is -2.18. The van der Waals surface area contributed by atoms with Crippen LogP contribution in [0.15, 0.2) is 83.8 Å². The Hall–Kier alpha value is -4.14. The molecule has 7 rings (SSSR count). The molecule has 178 valence electrons. The van der Waals surface area contributed by atoms with E-state index < -0.39 is 12.2 Å². The average Bonchev–Trinajstić information content (AvgIpc) is 3.37. The Kier molecular flexibility index (Phi) is 4.52. The number of rotatable bonds is 2. The summed E-state index contributed by atoms with van der Waals surface area (Å²) in [4.78, 5) is 26.2. The summed E-state index contributed by atoms with van der Waals surface area (Å²) in [5, 5.41) is 13.7. The SMILES string of the molecule is O=C1C2=C(Nc3cc(Cl)ccc3N2)O[C@H]1c1ccc([C@H]2OC3=C(Nc4ccc(Cl)cc4N3)C2=O)cc1. The molecule has 0 bridgehead atoms. The predicted octanol–water partition coefficient (Wildman–Crippen LogP) is 5.69. The topological polar surface area (TPSA) is 101 Å². The molecule has 4 aliphatic rings. The van der Waals surface area contributed by atoms with Crippen molar-refractivity contribution < 1.29 is 19.1 Å². The van der Waals surface area contributed by atoms with Crippen LogP contribution in [0.4, 0.5) is 22.7 Å². The lowest BCUT2D eigenvalue weighted by Gasteiger charge is -2.20. The number of nitrogens with one attached hydrogen (secondary N) is 4. The minimum atomic E-state index is -0.817. The summed E-state index contributed by atoms with van der Waals surface area (Å²) in [6, 6.07) is 17.7.